The van der Waals surface area contributed by atoms with Crippen molar-refractivity contribution in [2.24, 2.45) is 5.92 Å². The number of amides is 2. The van der Waals surface area contributed by atoms with Gasteiger partial charge in [-0.05, 0) is 38.5 Å². The highest BCUT2D eigenvalue weighted by atomic mass is 32.1. The van der Waals surface area contributed by atoms with E-state index in [1.54, 1.807) is 26.0 Å². The number of thiophene rings is 1. The molecule has 2 heterocycles. The Balaban J connectivity index is 1.78. The van der Waals surface area contributed by atoms with Crippen molar-refractivity contribution in [2.75, 3.05) is 23.4 Å². The minimum atomic E-state index is -0.634. The molecule has 0 spiro atoms. The fourth-order valence-corrected chi connectivity index (χ4v) is 4.22. The summed E-state index contributed by atoms with van der Waals surface area (Å²) in [6.45, 7) is 5.69. The lowest BCUT2D eigenvalue weighted by atomic mass is 10.1. The molecule has 0 radical (unpaired) electrons. The van der Waals surface area contributed by atoms with Crippen molar-refractivity contribution in [1.82, 2.24) is 0 Å². The number of carbonyl (C=O) groups is 3. The molecule has 3 rings (SSSR count). The van der Waals surface area contributed by atoms with Crippen LogP contribution >= 0.6 is 11.3 Å². The Morgan fingerprint density at radius 3 is 2.71 bits per heavy atom. The van der Waals surface area contributed by atoms with Gasteiger partial charge in [0.2, 0.25) is 11.8 Å². The third kappa shape index (κ3) is 3.77. The van der Waals surface area contributed by atoms with E-state index in [2.05, 4.69) is 5.32 Å². The number of aryl methyl sites for hydroxylation is 1. The van der Waals surface area contributed by atoms with Crippen LogP contribution in [0.2, 0.25) is 0 Å². The molecule has 1 N–H and O–H groups in total. The van der Waals surface area contributed by atoms with Gasteiger partial charge in [-0.25, -0.2) is 9.18 Å². The topological polar surface area (TPSA) is 75.7 Å². The molecule has 1 aliphatic heterocycles. The summed E-state index contributed by atoms with van der Waals surface area (Å²) in [7, 11) is 0. The molecular formula is C20H21FN2O4S. The van der Waals surface area contributed by atoms with Crippen LogP contribution in [0.1, 0.15) is 34.1 Å². The Labute approximate surface area is 166 Å². The van der Waals surface area contributed by atoms with Crippen molar-refractivity contribution in [3.05, 3.63) is 46.1 Å². The number of halogens is 1. The summed E-state index contributed by atoms with van der Waals surface area (Å²) in [5.74, 6) is -2.32. The Bertz CT molecular complexity index is 940. The number of hydrogen-bond donors (Lipinski definition) is 1. The van der Waals surface area contributed by atoms with E-state index in [1.807, 2.05) is 6.92 Å². The lowest BCUT2D eigenvalue weighted by Crippen LogP contribution is -2.28. The summed E-state index contributed by atoms with van der Waals surface area (Å²) in [5, 5.41) is 3.18. The van der Waals surface area contributed by atoms with Crippen LogP contribution in [0.4, 0.5) is 15.1 Å². The maximum atomic E-state index is 14.0. The van der Waals surface area contributed by atoms with Crippen LogP contribution in [0, 0.1) is 25.6 Å². The van der Waals surface area contributed by atoms with Crippen molar-refractivity contribution in [3.8, 4) is 0 Å². The minimum Gasteiger partial charge on any atom is -0.462 e. The second kappa shape index (κ2) is 8.10. The first-order chi connectivity index (χ1) is 13.3. The first kappa shape index (κ1) is 20.0. The minimum absolute atomic E-state index is 0.0156. The molecule has 1 aliphatic rings. The van der Waals surface area contributed by atoms with E-state index in [-0.39, 0.29) is 37.1 Å². The highest BCUT2D eigenvalue weighted by Gasteiger charge is 2.37. The number of ether oxygens (including phenoxy) is 1. The van der Waals surface area contributed by atoms with Gasteiger partial charge in [-0.3, -0.25) is 9.59 Å². The Morgan fingerprint density at radius 1 is 1.32 bits per heavy atom. The van der Waals surface area contributed by atoms with Crippen LogP contribution in [0.3, 0.4) is 0 Å². The van der Waals surface area contributed by atoms with Gasteiger partial charge in [0.05, 0.1) is 23.8 Å². The molecule has 0 saturated carbocycles. The van der Waals surface area contributed by atoms with Crippen LogP contribution < -0.4 is 10.2 Å². The molecule has 2 amide bonds. The number of rotatable bonds is 5. The third-order valence-corrected chi connectivity index (χ3v) is 5.86. The predicted octanol–water partition coefficient (Wildman–Crippen LogP) is 3.67. The second-order valence-electron chi connectivity index (χ2n) is 6.55. The van der Waals surface area contributed by atoms with Crippen molar-refractivity contribution in [3.63, 3.8) is 0 Å². The Morgan fingerprint density at radius 2 is 2.04 bits per heavy atom. The molecule has 1 aromatic heterocycles. The van der Waals surface area contributed by atoms with E-state index in [4.69, 9.17) is 4.74 Å². The number of carbonyl (C=O) groups excluding carboxylic acids is 3. The van der Waals surface area contributed by atoms with Gasteiger partial charge in [0.25, 0.3) is 0 Å². The number of nitrogens with zero attached hydrogens (tertiary/aromatic N) is 1. The van der Waals surface area contributed by atoms with E-state index in [0.717, 1.165) is 10.4 Å². The molecule has 148 valence electrons. The van der Waals surface area contributed by atoms with Crippen molar-refractivity contribution in [2.45, 2.75) is 27.2 Å². The number of benzene rings is 1. The molecule has 28 heavy (non-hydrogen) atoms. The summed E-state index contributed by atoms with van der Waals surface area (Å²) in [5.41, 5.74) is 1.26. The molecule has 1 atom stereocenters. The maximum Gasteiger partial charge on any atom is 0.341 e. The molecule has 1 saturated heterocycles. The zero-order valence-electron chi connectivity index (χ0n) is 15.9. The molecule has 1 fully saturated rings. The smallest absolute Gasteiger partial charge is 0.341 e. The number of anilines is 2. The van der Waals surface area contributed by atoms with Crippen LogP contribution in [0.5, 0.6) is 0 Å². The molecule has 8 heteroatoms. The van der Waals surface area contributed by atoms with Gasteiger partial charge < -0.3 is 15.0 Å². The van der Waals surface area contributed by atoms with Crippen LogP contribution in [-0.2, 0) is 14.3 Å². The average Bonchev–Trinajstić information content (AvgIpc) is 3.16. The fourth-order valence-electron chi connectivity index (χ4n) is 3.16. The number of esters is 1. The largest absolute Gasteiger partial charge is 0.462 e. The quantitative estimate of drug-likeness (QED) is 0.772. The lowest BCUT2D eigenvalue weighted by molar-refractivity contribution is -0.122. The van der Waals surface area contributed by atoms with Crippen molar-refractivity contribution >= 4 is 39.8 Å². The number of hydrogen-bond acceptors (Lipinski definition) is 5. The first-order valence-corrected chi connectivity index (χ1v) is 9.78. The molecule has 1 aromatic carbocycles. The van der Waals surface area contributed by atoms with Gasteiger partial charge in [0.15, 0.2) is 0 Å². The number of nitrogens with one attached hydrogen (secondary N) is 1. The third-order valence-electron chi connectivity index (χ3n) is 4.74. The van der Waals surface area contributed by atoms with Crippen molar-refractivity contribution in [1.29, 1.82) is 0 Å². The van der Waals surface area contributed by atoms with Gasteiger partial charge in [-0.2, -0.15) is 0 Å². The summed E-state index contributed by atoms with van der Waals surface area (Å²) in [6.07, 6.45) is -0.0156. The molecule has 2 aromatic rings. The summed E-state index contributed by atoms with van der Waals surface area (Å²) >= 11 is 1.29. The van der Waals surface area contributed by atoms with E-state index in [0.29, 0.717) is 10.6 Å². The van der Waals surface area contributed by atoms with Crippen molar-refractivity contribution < 1.29 is 23.5 Å². The zero-order chi connectivity index (χ0) is 20.4. The number of para-hydroxylation sites is 1. The van der Waals surface area contributed by atoms with E-state index in [9.17, 15) is 18.8 Å². The van der Waals surface area contributed by atoms with E-state index >= 15 is 0 Å². The van der Waals surface area contributed by atoms with Crippen LogP contribution in [-0.4, -0.2) is 30.9 Å². The second-order valence-corrected chi connectivity index (χ2v) is 7.78. The van der Waals surface area contributed by atoms with Gasteiger partial charge in [0.1, 0.15) is 10.8 Å². The van der Waals surface area contributed by atoms with Crippen LogP contribution in [0.15, 0.2) is 24.3 Å². The van der Waals surface area contributed by atoms with Crippen LogP contribution in [0.25, 0.3) is 0 Å². The fraction of sp³-hybridized carbons (Fsp3) is 0.350. The standard InChI is InChI=1S/C20H21FN2O4S/c1-4-27-20(26)17-11(2)12(3)28-19(17)22-18(25)13-9-16(24)23(10-13)15-8-6-5-7-14(15)21/h5-8,13H,4,9-10H2,1-3H3,(H,22,25)/t13-/m1/s1. The molecular weight excluding hydrogens is 383 g/mol. The van der Waals surface area contributed by atoms with Gasteiger partial charge in [-0.1, -0.05) is 12.1 Å². The Hall–Kier alpha value is -2.74. The normalized spacial score (nSPS) is 16.4. The SMILES string of the molecule is CCOC(=O)c1c(NC(=O)[C@@H]2CC(=O)N(c3ccccc3F)C2)sc(C)c1C. The molecule has 6 nitrogen and oxygen atoms in total. The van der Waals surface area contributed by atoms with Gasteiger partial charge in [-0.15, -0.1) is 11.3 Å². The molecule has 0 unspecified atom stereocenters. The van der Waals surface area contributed by atoms with Gasteiger partial charge in [0, 0.05) is 17.8 Å². The van der Waals surface area contributed by atoms with E-state index < -0.39 is 17.7 Å². The monoisotopic (exact) mass is 404 g/mol. The highest BCUT2D eigenvalue weighted by Crippen LogP contribution is 2.34. The van der Waals surface area contributed by atoms with E-state index in [1.165, 1.54) is 28.4 Å². The molecule has 0 bridgehead atoms. The van der Waals surface area contributed by atoms with Gasteiger partial charge >= 0.3 is 5.97 Å². The zero-order valence-corrected chi connectivity index (χ0v) is 16.7. The summed E-state index contributed by atoms with van der Waals surface area (Å²) in [4.78, 5) is 39.5. The molecule has 0 aliphatic carbocycles. The summed E-state index contributed by atoms with van der Waals surface area (Å²) in [6, 6.07) is 5.97. The highest BCUT2D eigenvalue weighted by molar-refractivity contribution is 7.16. The predicted molar refractivity (Wildman–Crippen MR) is 105 cm³/mol. The first-order valence-electron chi connectivity index (χ1n) is 8.96. The summed E-state index contributed by atoms with van der Waals surface area (Å²) < 4.78 is 19.1. The lowest BCUT2D eigenvalue weighted by Gasteiger charge is -2.17. The maximum absolute atomic E-state index is 14.0. The Kier molecular flexibility index (Phi) is 5.79. The average molecular weight is 404 g/mol.